The molecule has 4 heteroatoms. The van der Waals surface area contributed by atoms with Crippen LogP contribution in [0.15, 0.2) is 36.4 Å². The first-order valence-corrected chi connectivity index (χ1v) is 7.05. The molecule has 0 heterocycles. The van der Waals surface area contributed by atoms with Crippen LogP contribution in [-0.4, -0.2) is 36.2 Å². The number of likely N-dealkylation sites (N-methyl/N-ethyl adjacent to an activating group) is 1. The monoisotopic (exact) mass is 277 g/mol. The van der Waals surface area contributed by atoms with Crippen molar-refractivity contribution in [1.82, 2.24) is 5.32 Å². The molecule has 110 valence electrons. The van der Waals surface area contributed by atoms with E-state index in [0.717, 1.165) is 24.9 Å². The molecule has 1 aromatic rings. The van der Waals surface area contributed by atoms with Gasteiger partial charge in [-0.3, -0.25) is 0 Å². The topological polar surface area (TPSA) is 61.7 Å². The molecular weight excluding hydrogens is 254 g/mol. The molecule has 0 fully saturated rings. The van der Waals surface area contributed by atoms with Gasteiger partial charge in [0.2, 0.25) is 0 Å². The lowest BCUT2D eigenvalue weighted by atomic mass is 9.75. The molecule has 3 N–H and O–H groups in total. The molecule has 0 saturated heterocycles. The molecule has 4 nitrogen and oxygen atoms in total. The average molecular weight is 277 g/mol. The Hall–Kier alpha value is -1.36. The molecule has 2 rings (SSSR count). The smallest absolute Gasteiger partial charge is 0.186 e. The molecule has 0 aromatic heterocycles. The highest BCUT2D eigenvalue weighted by Crippen LogP contribution is 2.37. The molecule has 0 amide bonds. The summed E-state index contributed by atoms with van der Waals surface area (Å²) in [6.07, 6.45) is 6.58. The Bertz CT molecular complexity index is 444. The summed E-state index contributed by atoms with van der Waals surface area (Å²) in [5, 5.41) is 22.8. The van der Waals surface area contributed by atoms with Gasteiger partial charge in [-0.25, -0.2) is 0 Å². The normalized spacial score (nSPS) is 23.6. The fourth-order valence-electron chi connectivity index (χ4n) is 2.85. The Labute approximate surface area is 120 Å². The zero-order valence-corrected chi connectivity index (χ0v) is 11.9. The van der Waals surface area contributed by atoms with E-state index in [-0.39, 0.29) is 12.7 Å². The van der Waals surface area contributed by atoms with E-state index >= 15 is 0 Å². The van der Waals surface area contributed by atoms with Crippen LogP contribution in [0.3, 0.4) is 0 Å². The van der Waals surface area contributed by atoms with Crippen molar-refractivity contribution in [3.05, 3.63) is 42.0 Å². The third-order valence-corrected chi connectivity index (χ3v) is 3.95. The largest absolute Gasteiger partial charge is 0.468 e. The number of aliphatic hydroxyl groups excluding tert-OH is 1. The van der Waals surface area contributed by atoms with Crippen LogP contribution in [0.25, 0.3) is 0 Å². The van der Waals surface area contributed by atoms with Crippen LogP contribution in [0, 0.1) is 0 Å². The third kappa shape index (κ3) is 3.39. The number of hydrogen-bond acceptors (Lipinski definition) is 4. The lowest BCUT2D eigenvalue weighted by molar-refractivity contribution is 0.00382. The number of benzene rings is 1. The number of hydrogen-bond donors (Lipinski definition) is 3. The van der Waals surface area contributed by atoms with Crippen LogP contribution in [-0.2, 0) is 0 Å². The van der Waals surface area contributed by atoms with Gasteiger partial charge in [0.1, 0.15) is 5.75 Å². The van der Waals surface area contributed by atoms with Crippen molar-refractivity contribution in [2.24, 2.45) is 0 Å². The minimum absolute atomic E-state index is 0.0422. The summed E-state index contributed by atoms with van der Waals surface area (Å²) >= 11 is 0. The summed E-state index contributed by atoms with van der Waals surface area (Å²) in [5.41, 5.74) is 0.388. The Kier molecular flexibility index (Phi) is 5.17. The van der Waals surface area contributed by atoms with Gasteiger partial charge in [-0.1, -0.05) is 24.3 Å². The Morgan fingerprint density at radius 2 is 2.05 bits per heavy atom. The van der Waals surface area contributed by atoms with E-state index in [2.05, 4.69) is 17.5 Å². The Balaban J connectivity index is 2.21. The maximum atomic E-state index is 10.9. The molecule has 2 unspecified atom stereocenters. The minimum atomic E-state index is -0.697. The molecule has 0 bridgehead atoms. The van der Waals surface area contributed by atoms with Crippen molar-refractivity contribution in [3.8, 4) is 5.75 Å². The zero-order chi connectivity index (χ0) is 14.4. The molecular formula is C16H23NO3. The summed E-state index contributed by atoms with van der Waals surface area (Å²) in [7, 11) is 1.90. The first-order chi connectivity index (χ1) is 9.69. The molecule has 0 aliphatic heterocycles. The Morgan fingerprint density at radius 1 is 1.30 bits per heavy atom. The number of ether oxygens (including phenoxy) is 1. The van der Waals surface area contributed by atoms with E-state index in [0.29, 0.717) is 12.2 Å². The fourth-order valence-corrected chi connectivity index (χ4v) is 2.85. The summed E-state index contributed by atoms with van der Waals surface area (Å²) in [4.78, 5) is 0. The van der Waals surface area contributed by atoms with Gasteiger partial charge < -0.3 is 20.3 Å². The van der Waals surface area contributed by atoms with Crippen molar-refractivity contribution in [3.63, 3.8) is 0 Å². The summed E-state index contributed by atoms with van der Waals surface area (Å²) in [5.74, 6) is 0.676. The summed E-state index contributed by atoms with van der Waals surface area (Å²) in [6.45, 7) is 0.401. The fraction of sp³-hybridized carbons (Fsp3) is 0.500. The molecule has 0 saturated carbocycles. The Morgan fingerprint density at radius 3 is 2.60 bits per heavy atom. The molecule has 0 radical (unpaired) electrons. The molecule has 1 aliphatic rings. The first-order valence-electron chi connectivity index (χ1n) is 7.05. The predicted octanol–water partition coefficient (Wildman–Crippen LogP) is 1.79. The summed E-state index contributed by atoms with van der Waals surface area (Å²) < 4.78 is 5.04. The number of nitrogens with one attached hydrogen (secondary N) is 1. The lowest BCUT2D eigenvalue weighted by Gasteiger charge is -2.37. The van der Waals surface area contributed by atoms with Crippen molar-refractivity contribution in [1.29, 1.82) is 0 Å². The maximum Gasteiger partial charge on any atom is 0.186 e. The zero-order valence-electron chi connectivity index (χ0n) is 11.9. The number of aliphatic hydroxyl groups is 2. The molecule has 0 spiro atoms. The van der Waals surface area contributed by atoms with Gasteiger partial charge in [-0.15, -0.1) is 0 Å². The van der Waals surface area contributed by atoms with Gasteiger partial charge in [-0.2, -0.15) is 0 Å². The van der Waals surface area contributed by atoms with Crippen LogP contribution >= 0.6 is 0 Å². The lowest BCUT2D eigenvalue weighted by Crippen LogP contribution is -2.41. The standard InChI is InChI=1S/C16H23NO3/c1-17-11-15(16(19)9-3-2-4-10-16)13-5-7-14(8-6-13)20-12-18/h2-3,5-8,15,17-19H,4,9-12H2,1H3. The van der Waals surface area contributed by atoms with E-state index < -0.39 is 5.60 Å². The number of allylic oxidation sites excluding steroid dienone is 1. The summed E-state index contributed by atoms with van der Waals surface area (Å²) in [6, 6.07) is 7.58. The maximum absolute atomic E-state index is 10.9. The van der Waals surface area contributed by atoms with Crippen LogP contribution in [0.4, 0.5) is 0 Å². The van der Waals surface area contributed by atoms with Gasteiger partial charge in [0, 0.05) is 12.5 Å². The van der Waals surface area contributed by atoms with Gasteiger partial charge in [0.05, 0.1) is 5.60 Å². The van der Waals surface area contributed by atoms with E-state index in [1.54, 1.807) is 0 Å². The highest BCUT2D eigenvalue weighted by atomic mass is 16.6. The van der Waals surface area contributed by atoms with E-state index in [9.17, 15) is 5.11 Å². The van der Waals surface area contributed by atoms with E-state index in [1.165, 1.54) is 0 Å². The van der Waals surface area contributed by atoms with Crippen LogP contribution in [0.2, 0.25) is 0 Å². The first kappa shape index (κ1) is 15.0. The molecule has 2 atom stereocenters. The third-order valence-electron chi connectivity index (χ3n) is 3.95. The van der Waals surface area contributed by atoms with Crippen molar-refractivity contribution >= 4 is 0 Å². The SMILES string of the molecule is CNCC(c1ccc(OCO)cc1)C1(O)CC=CCC1. The second kappa shape index (κ2) is 6.88. The number of rotatable bonds is 6. The minimum Gasteiger partial charge on any atom is -0.468 e. The predicted molar refractivity (Wildman–Crippen MR) is 78.8 cm³/mol. The van der Waals surface area contributed by atoms with Gasteiger partial charge in [0.25, 0.3) is 0 Å². The van der Waals surface area contributed by atoms with E-state index in [1.807, 2.05) is 31.3 Å². The van der Waals surface area contributed by atoms with Gasteiger partial charge >= 0.3 is 0 Å². The van der Waals surface area contributed by atoms with Crippen molar-refractivity contribution < 1.29 is 14.9 Å². The van der Waals surface area contributed by atoms with Gasteiger partial charge in [0.15, 0.2) is 6.79 Å². The molecule has 20 heavy (non-hydrogen) atoms. The quantitative estimate of drug-likeness (QED) is 0.548. The molecule has 1 aromatic carbocycles. The van der Waals surface area contributed by atoms with Crippen LogP contribution in [0.1, 0.15) is 30.7 Å². The van der Waals surface area contributed by atoms with Crippen molar-refractivity contribution in [2.45, 2.75) is 30.8 Å². The second-order valence-electron chi connectivity index (χ2n) is 5.27. The van der Waals surface area contributed by atoms with Gasteiger partial charge in [-0.05, 0) is 44.0 Å². The second-order valence-corrected chi connectivity index (χ2v) is 5.27. The van der Waals surface area contributed by atoms with Crippen LogP contribution < -0.4 is 10.1 Å². The average Bonchev–Trinajstić information content (AvgIpc) is 2.47. The highest BCUT2D eigenvalue weighted by Gasteiger charge is 2.36. The van der Waals surface area contributed by atoms with Crippen molar-refractivity contribution in [2.75, 3.05) is 20.4 Å². The highest BCUT2D eigenvalue weighted by molar-refractivity contribution is 5.32. The van der Waals surface area contributed by atoms with E-state index in [4.69, 9.17) is 9.84 Å². The van der Waals surface area contributed by atoms with Crippen LogP contribution in [0.5, 0.6) is 5.75 Å². The molecule has 1 aliphatic carbocycles.